The van der Waals surface area contributed by atoms with Gasteiger partial charge in [0.25, 0.3) is 0 Å². The quantitative estimate of drug-likeness (QED) is 0.635. The first kappa shape index (κ1) is 15.9. The van der Waals surface area contributed by atoms with Crippen LogP contribution >= 0.6 is 0 Å². The average molecular weight is 279 g/mol. The Balaban J connectivity index is 3.03. The normalized spacial score (nSPS) is 13.6. The summed E-state index contributed by atoms with van der Waals surface area (Å²) in [6, 6.07) is 2.00. The Kier molecular flexibility index (Phi) is 5.75. The number of ether oxygens (including phenoxy) is 1. The number of benzene rings is 1. The predicted molar refractivity (Wildman–Crippen MR) is 64.3 cm³/mol. The average Bonchev–Trinajstić information content (AvgIpc) is 2.33. The standard InChI is InChI=1S/C13H17F4NO/c1-18-12(4-3-7-19-2)10-8-9(14)5-6-11(10)13(15,16)17/h5-6,8,12,18H,3-4,7H2,1-2H3. The van der Waals surface area contributed by atoms with E-state index in [4.69, 9.17) is 4.74 Å². The third kappa shape index (κ3) is 4.47. The van der Waals surface area contributed by atoms with Gasteiger partial charge in [-0.25, -0.2) is 4.39 Å². The molecule has 0 aliphatic carbocycles. The molecule has 0 saturated carbocycles. The van der Waals surface area contributed by atoms with Crippen molar-refractivity contribution in [2.45, 2.75) is 25.1 Å². The van der Waals surface area contributed by atoms with E-state index in [-0.39, 0.29) is 5.56 Å². The van der Waals surface area contributed by atoms with E-state index in [1.807, 2.05) is 0 Å². The van der Waals surface area contributed by atoms with Gasteiger partial charge < -0.3 is 10.1 Å². The molecule has 108 valence electrons. The molecule has 0 heterocycles. The van der Waals surface area contributed by atoms with Gasteiger partial charge in [-0.1, -0.05) is 0 Å². The van der Waals surface area contributed by atoms with Crippen molar-refractivity contribution in [1.82, 2.24) is 5.32 Å². The van der Waals surface area contributed by atoms with E-state index in [9.17, 15) is 17.6 Å². The minimum absolute atomic E-state index is 0.0638. The molecule has 0 aliphatic heterocycles. The number of hydrogen-bond acceptors (Lipinski definition) is 2. The Morgan fingerprint density at radius 3 is 2.53 bits per heavy atom. The third-order valence-electron chi connectivity index (χ3n) is 2.88. The summed E-state index contributed by atoms with van der Waals surface area (Å²) in [5.41, 5.74) is -0.864. The van der Waals surface area contributed by atoms with E-state index in [2.05, 4.69) is 5.32 Å². The number of nitrogens with one attached hydrogen (secondary N) is 1. The molecule has 1 unspecified atom stereocenters. The number of hydrogen-bond donors (Lipinski definition) is 1. The van der Waals surface area contributed by atoms with Crippen LogP contribution in [0.1, 0.15) is 30.0 Å². The number of halogens is 4. The molecule has 0 aromatic heterocycles. The van der Waals surface area contributed by atoms with Crippen molar-refractivity contribution in [3.05, 3.63) is 35.1 Å². The second-order valence-corrected chi connectivity index (χ2v) is 4.21. The van der Waals surface area contributed by atoms with E-state index in [1.165, 1.54) is 7.11 Å². The summed E-state index contributed by atoms with van der Waals surface area (Å²) >= 11 is 0. The molecular weight excluding hydrogens is 262 g/mol. The highest BCUT2D eigenvalue weighted by molar-refractivity contribution is 5.33. The molecule has 0 saturated heterocycles. The molecule has 0 fully saturated rings. The molecule has 19 heavy (non-hydrogen) atoms. The summed E-state index contributed by atoms with van der Waals surface area (Å²) < 4.78 is 56.7. The first-order valence-electron chi connectivity index (χ1n) is 5.93. The number of methoxy groups -OCH3 is 1. The lowest BCUT2D eigenvalue weighted by Gasteiger charge is -2.21. The first-order chi connectivity index (χ1) is 8.90. The Hall–Kier alpha value is -1.14. The molecule has 0 amide bonds. The lowest BCUT2D eigenvalue weighted by molar-refractivity contribution is -0.138. The monoisotopic (exact) mass is 279 g/mol. The van der Waals surface area contributed by atoms with Crippen LogP contribution in [0.3, 0.4) is 0 Å². The Bertz CT molecular complexity index is 406. The van der Waals surface area contributed by atoms with Crippen molar-refractivity contribution in [1.29, 1.82) is 0 Å². The van der Waals surface area contributed by atoms with Crippen LogP contribution in [-0.2, 0) is 10.9 Å². The first-order valence-corrected chi connectivity index (χ1v) is 5.93. The molecule has 0 aliphatic rings. The summed E-state index contributed by atoms with van der Waals surface area (Å²) in [6.07, 6.45) is -3.45. The molecule has 1 aromatic rings. The predicted octanol–water partition coefficient (Wildman–Crippen LogP) is 3.53. The molecule has 1 atom stereocenters. The molecule has 2 nitrogen and oxygen atoms in total. The highest BCUT2D eigenvalue weighted by Crippen LogP contribution is 2.36. The van der Waals surface area contributed by atoms with Gasteiger partial charge in [0.2, 0.25) is 0 Å². The van der Waals surface area contributed by atoms with Crippen LogP contribution in [0, 0.1) is 5.82 Å². The van der Waals surface area contributed by atoms with E-state index in [1.54, 1.807) is 7.05 Å². The van der Waals surface area contributed by atoms with Crippen LogP contribution in [-0.4, -0.2) is 20.8 Å². The van der Waals surface area contributed by atoms with Gasteiger partial charge >= 0.3 is 6.18 Å². The fraction of sp³-hybridized carbons (Fsp3) is 0.538. The highest BCUT2D eigenvalue weighted by atomic mass is 19.4. The highest BCUT2D eigenvalue weighted by Gasteiger charge is 2.35. The summed E-state index contributed by atoms with van der Waals surface area (Å²) in [6.45, 7) is 0.453. The zero-order valence-corrected chi connectivity index (χ0v) is 10.9. The second kappa shape index (κ2) is 6.86. The van der Waals surface area contributed by atoms with Crippen molar-refractivity contribution in [2.75, 3.05) is 20.8 Å². The topological polar surface area (TPSA) is 21.3 Å². The van der Waals surface area contributed by atoms with E-state index >= 15 is 0 Å². The van der Waals surface area contributed by atoms with E-state index in [0.717, 1.165) is 18.2 Å². The van der Waals surface area contributed by atoms with Crippen molar-refractivity contribution in [3.63, 3.8) is 0 Å². The van der Waals surface area contributed by atoms with Crippen molar-refractivity contribution in [3.8, 4) is 0 Å². The zero-order chi connectivity index (χ0) is 14.5. The molecule has 1 rings (SSSR count). The summed E-state index contributed by atoms with van der Waals surface area (Å²) in [7, 11) is 3.08. The smallest absolute Gasteiger partial charge is 0.385 e. The molecule has 0 bridgehead atoms. The largest absolute Gasteiger partial charge is 0.416 e. The molecule has 0 radical (unpaired) electrons. The van der Waals surface area contributed by atoms with Gasteiger partial charge in [0.05, 0.1) is 5.56 Å². The molecule has 0 spiro atoms. The Morgan fingerprint density at radius 1 is 1.32 bits per heavy atom. The van der Waals surface area contributed by atoms with Gasteiger partial charge in [-0.2, -0.15) is 13.2 Å². The summed E-state index contributed by atoms with van der Waals surface area (Å²) in [5.74, 6) is -0.671. The van der Waals surface area contributed by atoms with Crippen molar-refractivity contribution < 1.29 is 22.3 Å². The number of rotatable bonds is 6. The molecule has 6 heteroatoms. The van der Waals surface area contributed by atoms with Gasteiger partial charge in [0.15, 0.2) is 0 Å². The maximum Gasteiger partial charge on any atom is 0.416 e. The Labute approximate surface area is 109 Å². The van der Waals surface area contributed by atoms with Crippen LogP contribution < -0.4 is 5.32 Å². The SMILES string of the molecule is CNC(CCCOC)c1cc(F)ccc1C(F)(F)F. The van der Waals surface area contributed by atoms with Crippen LogP contribution in [0.5, 0.6) is 0 Å². The minimum atomic E-state index is -4.49. The van der Waals surface area contributed by atoms with Crippen LogP contribution in [0.15, 0.2) is 18.2 Å². The second-order valence-electron chi connectivity index (χ2n) is 4.21. The lowest BCUT2D eigenvalue weighted by Crippen LogP contribution is -2.21. The van der Waals surface area contributed by atoms with Gasteiger partial charge in [0.1, 0.15) is 5.82 Å². The van der Waals surface area contributed by atoms with Crippen molar-refractivity contribution >= 4 is 0 Å². The van der Waals surface area contributed by atoms with Crippen molar-refractivity contribution in [2.24, 2.45) is 0 Å². The lowest BCUT2D eigenvalue weighted by atomic mass is 9.96. The summed E-state index contributed by atoms with van der Waals surface area (Å²) in [4.78, 5) is 0. The fourth-order valence-electron chi connectivity index (χ4n) is 1.97. The fourth-order valence-corrected chi connectivity index (χ4v) is 1.97. The van der Waals surface area contributed by atoms with Gasteiger partial charge in [-0.05, 0) is 43.7 Å². The van der Waals surface area contributed by atoms with Gasteiger partial charge in [0, 0.05) is 19.8 Å². The van der Waals surface area contributed by atoms with Gasteiger partial charge in [-0.3, -0.25) is 0 Å². The van der Waals surface area contributed by atoms with E-state index < -0.39 is 23.6 Å². The molecular formula is C13H17F4NO. The molecule has 1 N–H and O–H groups in total. The van der Waals surface area contributed by atoms with Gasteiger partial charge in [-0.15, -0.1) is 0 Å². The number of alkyl halides is 3. The minimum Gasteiger partial charge on any atom is -0.385 e. The van der Waals surface area contributed by atoms with Crippen LogP contribution in [0.25, 0.3) is 0 Å². The maximum absolute atomic E-state index is 13.2. The van der Waals surface area contributed by atoms with E-state index in [0.29, 0.717) is 19.4 Å². The Morgan fingerprint density at radius 2 is 2.00 bits per heavy atom. The van der Waals surface area contributed by atoms with Crippen LogP contribution in [0.2, 0.25) is 0 Å². The zero-order valence-electron chi connectivity index (χ0n) is 10.9. The maximum atomic E-state index is 13.2. The summed E-state index contributed by atoms with van der Waals surface area (Å²) in [5, 5.41) is 2.79. The van der Waals surface area contributed by atoms with Crippen LogP contribution in [0.4, 0.5) is 17.6 Å². The molecule has 1 aromatic carbocycles. The third-order valence-corrected chi connectivity index (χ3v) is 2.88.